The highest BCUT2D eigenvalue weighted by Crippen LogP contribution is 2.30. The summed E-state index contributed by atoms with van der Waals surface area (Å²) >= 11 is 0. The van der Waals surface area contributed by atoms with E-state index in [2.05, 4.69) is 31.4 Å². The van der Waals surface area contributed by atoms with E-state index < -0.39 is 0 Å². The zero-order valence-corrected chi connectivity index (χ0v) is 19.7. The van der Waals surface area contributed by atoms with Crippen LogP contribution in [0, 0.1) is 0 Å². The Labute approximate surface area is 191 Å². The molecule has 1 aromatic carbocycles. The number of para-hydroxylation sites is 1. The van der Waals surface area contributed by atoms with E-state index in [0.717, 1.165) is 5.56 Å². The molecule has 8 nitrogen and oxygen atoms in total. The van der Waals surface area contributed by atoms with Crippen LogP contribution in [0.5, 0.6) is 5.75 Å². The third kappa shape index (κ3) is 8.40. The van der Waals surface area contributed by atoms with Crippen LogP contribution >= 0.6 is 0 Å². The van der Waals surface area contributed by atoms with E-state index in [1.165, 1.54) is 0 Å². The molecule has 2 rings (SSSR count). The van der Waals surface area contributed by atoms with Crippen LogP contribution in [0.3, 0.4) is 0 Å². The summed E-state index contributed by atoms with van der Waals surface area (Å²) in [5.74, 6) is 0.466. The fourth-order valence-corrected chi connectivity index (χ4v) is 3.60. The molecule has 0 atom stereocenters. The Morgan fingerprint density at radius 2 is 1.78 bits per heavy atom. The normalized spacial score (nSPS) is 14.6. The van der Waals surface area contributed by atoms with Gasteiger partial charge in [-0.2, -0.15) is 0 Å². The van der Waals surface area contributed by atoms with Gasteiger partial charge < -0.3 is 25.0 Å². The molecule has 32 heavy (non-hydrogen) atoms. The van der Waals surface area contributed by atoms with E-state index in [1.54, 1.807) is 11.8 Å². The molecule has 8 heteroatoms. The first-order valence-corrected chi connectivity index (χ1v) is 11.4. The molecule has 0 radical (unpaired) electrons. The number of benzene rings is 1. The Morgan fingerprint density at radius 1 is 1.09 bits per heavy atom. The molecule has 1 aliphatic rings. The maximum absolute atomic E-state index is 12.2. The van der Waals surface area contributed by atoms with Crippen molar-refractivity contribution in [3.63, 3.8) is 0 Å². The maximum Gasteiger partial charge on any atom is 0.409 e. The Kier molecular flexibility index (Phi) is 9.81. The fraction of sp³-hybridized carbons (Fsp3) is 0.625. The molecule has 3 amide bonds. The molecule has 0 saturated carbocycles. The van der Waals surface area contributed by atoms with Crippen LogP contribution in [-0.4, -0.2) is 61.7 Å². The molecule has 0 spiro atoms. The molecular formula is C24H37N3O5. The fourth-order valence-electron chi connectivity index (χ4n) is 3.60. The van der Waals surface area contributed by atoms with Gasteiger partial charge in [-0.3, -0.25) is 9.59 Å². The van der Waals surface area contributed by atoms with Crippen LogP contribution in [0.25, 0.3) is 0 Å². The lowest BCUT2D eigenvalue weighted by molar-refractivity contribution is -0.124. The van der Waals surface area contributed by atoms with Gasteiger partial charge in [-0.15, -0.1) is 0 Å². The van der Waals surface area contributed by atoms with Gasteiger partial charge in [-0.05, 0) is 43.2 Å². The van der Waals surface area contributed by atoms with Gasteiger partial charge >= 0.3 is 6.09 Å². The molecule has 1 heterocycles. The van der Waals surface area contributed by atoms with Gasteiger partial charge in [0.2, 0.25) is 5.91 Å². The average molecular weight is 448 g/mol. The van der Waals surface area contributed by atoms with E-state index in [-0.39, 0.29) is 36.0 Å². The number of nitrogens with one attached hydrogen (secondary N) is 2. The molecular weight excluding hydrogens is 410 g/mol. The van der Waals surface area contributed by atoms with Crippen molar-refractivity contribution in [2.45, 2.75) is 64.8 Å². The second kappa shape index (κ2) is 12.3. The van der Waals surface area contributed by atoms with Crippen molar-refractivity contribution in [2.75, 3.05) is 32.8 Å². The summed E-state index contributed by atoms with van der Waals surface area (Å²) in [4.78, 5) is 37.6. The van der Waals surface area contributed by atoms with Gasteiger partial charge in [0.1, 0.15) is 5.75 Å². The third-order valence-electron chi connectivity index (χ3n) is 5.34. The quantitative estimate of drug-likeness (QED) is 0.567. The molecule has 0 aliphatic carbocycles. The minimum absolute atomic E-state index is 0.0378. The molecule has 1 fully saturated rings. The van der Waals surface area contributed by atoms with E-state index in [9.17, 15) is 14.4 Å². The number of hydrogen-bond acceptors (Lipinski definition) is 5. The molecule has 1 saturated heterocycles. The van der Waals surface area contributed by atoms with Crippen molar-refractivity contribution < 1.29 is 23.9 Å². The summed E-state index contributed by atoms with van der Waals surface area (Å²) in [6.45, 7) is 9.97. The predicted molar refractivity (Wildman–Crippen MR) is 123 cm³/mol. The lowest BCUT2D eigenvalue weighted by Gasteiger charge is -2.31. The molecule has 0 aromatic heterocycles. The number of rotatable bonds is 9. The Balaban J connectivity index is 1.60. The smallest absolute Gasteiger partial charge is 0.409 e. The largest absolute Gasteiger partial charge is 0.483 e. The number of hydrogen-bond donors (Lipinski definition) is 2. The number of carbonyl (C=O) groups is 3. The van der Waals surface area contributed by atoms with Crippen molar-refractivity contribution in [1.82, 2.24) is 15.5 Å². The number of amides is 3. The van der Waals surface area contributed by atoms with Crippen LogP contribution in [0.4, 0.5) is 4.79 Å². The Hall–Kier alpha value is -2.77. The topological polar surface area (TPSA) is 97.0 Å². The van der Waals surface area contributed by atoms with Gasteiger partial charge in [0.25, 0.3) is 5.91 Å². The van der Waals surface area contributed by atoms with Crippen molar-refractivity contribution in [3.05, 3.63) is 29.8 Å². The zero-order valence-electron chi connectivity index (χ0n) is 19.7. The number of piperidine rings is 1. The summed E-state index contributed by atoms with van der Waals surface area (Å²) in [5.41, 5.74) is 0.980. The van der Waals surface area contributed by atoms with E-state index in [1.807, 2.05) is 24.3 Å². The highest BCUT2D eigenvalue weighted by molar-refractivity contribution is 5.78. The van der Waals surface area contributed by atoms with E-state index in [4.69, 9.17) is 9.47 Å². The number of likely N-dealkylation sites (tertiary alicyclic amines) is 1. The van der Waals surface area contributed by atoms with Gasteiger partial charge in [0.05, 0.1) is 6.61 Å². The summed E-state index contributed by atoms with van der Waals surface area (Å²) in [5, 5.41) is 5.81. The molecule has 1 aliphatic heterocycles. The molecule has 2 N–H and O–H groups in total. The number of nitrogens with zero attached hydrogens (tertiary/aromatic N) is 1. The number of ether oxygens (including phenoxy) is 2. The van der Waals surface area contributed by atoms with Crippen molar-refractivity contribution >= 4 is 17.9 Å². The van der Waals surface area contributed by atoms with Gasteiger partial charge in [0, 0.05) is 32.1 Å². The van der Waals surface area contributed by atoms with Crippen LogP contribution in [0.1, 0.15) is 58.9 Å². The van der Waals surface area contributed by atoms with Gasteiger partial charge in [-0.25, -0.2) is 4.79 Å². The van der Waals surface area contributed by atoms with Crippen LogP contribution < -0.4 is 15.4 Å². The Morgan fingerprint density at radius 3 is 2.44 bits per heavy atom. The molecule has 0 unspecified atom stereocenters. The zero-order chi connectivity index (χ0) is 23.6. The summed E-state index contributed by atoms with van der Waals surface area (Å²) in [7, 11) is 0. The van der Waals surface area contributed by atoms with Crippen LogP contribution in [0.2, 0.25) is 0 Å². The molecule has 1 aromatic rings. The van der Waals surface area contributed by atoms with Crippen molar-refractivity contribution in [3.8, 4) is 5.75 Å². The SMILES string of the molecule is CCOC(=O)N1CCC(NC(=O)CCCNC(=O)COc2ccccc2C(C)(C)C)CC1. The first kappa shape index (κ1) is 25.5. The van der Waals surface area contributed by atoms with E-state index in [0.29, 0.717) is 57.7 Å². The van der Waals surface area contributed by atoms with Gasteiger partial charge in [-0.1, -0.05) is 39.0 Å². The standard InChI is InChI=1S/C24H37N3O5/c1-5-31-23(30)27-15-12-18(13-16-27)26-21(28)11-8-14-25-22(29)17-32-20-10-7-6-9-19(20)24(2,3)4/h6-7,9-10,18H,5,8,11-17H2,1-4H3,(H,25,29)(H,26,28). The van der Waals surface area contributed by atoms with Gasteiger partial charge in [0.15, 0.2) is 6.61 Å². The second-order valence-electron chi connectivity index (χ2n) is 9.02. The number of carbonyl (C=O) groups excluding carboxylic acids is 3. The van der Waals surface area contributed by atoms with Crippen molar-refractivity contribution in [2.24, 2.45) is 0 Å². The average Bonchev–Trinajstić information content (AvgIpc) is 2.75. The molecule has 0 bridgehead atoms. The monoisotopic (exact) mass is 447 g/mol. The predicted octanol–water partition coefficient (Wildman–Crippen LogP) is 3.00. The maximum atomic E-state index is 12.2. The first-order chi connectivity index (χ1) is 15.2. The minimum Gasteiger partial charge on any atom is -0.483 e. The third-order valence-corrected chi connectivity index (χ3v) is 5.34. The van der Waals surface area contributed by atoms with Crippen molar-refractivity contribution in [1.29, 1.82) is 0 Å². The van der Waals surface area contributed by atoms with E-state index >= 15 is 0 Å². The highest BCUT2D eigenvalue weighted by atomic mass is 16.6. The molecule has 178 valence electrons. The minimum atomic E-state index is -0.293. The Bertz CT molecular complexity index is 767. The van der Waals surface area contributed by atoms with Crippen LogP contribution in [-0.2, 0) is 19.7 Å². The lowest BCUT2D eigenvalue weighted by atomic mass is 9.86. The first-order valence-electron chi connectivity index (χ1n) is 11.4. The second-order valence-corrected chi connectivity index (χ2v) is 9.02. The summed E-state index contributed by atoms with van der Waals surface area (Å²) in [6.07, 6.45) is 2.03. The summed E-state index contributed by atoms with van der Waals surface area (Å²) in [6, 6.07) is 7.80. The highest BCUT2D eigenvalue weighted by Gasteiger charge is 2.24. The lowest BCUT2D eigenvalue weighted by Crippen LogP contribution is -2.46. The summed E-state index contributed by atoms with van der Waals surface area (Å²) < 4.78 is 10.7. The van der Waals surface area contributed by atoms with Crippen LogP contribution in [0.15, 0.2) is 24.3 Å².